The fourth-order valence-electron chi connectivity index (χ4n) is 2.09. The zero-order valence-electron chi connectivity index (χ0n) is 12.3. The van der Waals surface area contributed by atoms with Gasteiger partial charge < -0.3 is 10.2 Å². The lowest BCUT2D eigenvalue weighted by molar-refractivity contribution is 0.403. The Morgan fingerprint density at radius 3 is 2.54 bits per heavy atom. The van der Waals surface area contributed by atoms with Gasteiger partial charge in [0.15, 0.2) is 23.0 Å². The Hall–Kier alpha value is -3.66. The van der Waals surface area contributed by atoms with E-state index in [1.54, 1.807) is 22.8 Å². The Kier molecular flexibility index (Phi) is 3.95. The van der Waals surface area contributed by atoms with E-state index in [0.29, 0.717) is 11.3 Å². The van der Waals surface area contributed by atoms with Gasteiger partial charge in [-0.15, -0.1) is 0 Å². The Bertz CT molecular complexity index is 956. The first-order valence-electron chi connectivity index (χ1n) is 6.88. The van der Waals surface area contributed by atoms with Crippen molar-refractivity contribution in [2.75, 3.05) is 0 Å². The number of halogens is 1. The lowest BCUT2D eigenvalue weighted by Gasteiger charge is -2.05. The molecule has 1 aromatic heterocycles. The van der Waals surface area contributed by atoms with E-state index in [1.807, 2.05) is 6.07 Å². The summed E-state index contributed by atoms with van der Waals surface area (Å²) >= 11 is 0. The summed E-state index contributed by atoms with van der Waals surface area (Å²) in [6, 6.07) is 11.9. The first kappa shape index (κ1) is 15.2. The van der Waals surface area contributed by atoms with Gasteiger partial charge in [-0.1, -0.05) is 0 Å². The Morgan fingerprint density at radius 1 is 1.12 bits per heavy atom. The van der Waals surface area contributed by atoms with Crippen molar-refractivity contribution in [3.05, 3.63) is 65.9 Å². The minimum Gasteiger partial charge on any atom is -0.504 e. The van der Waals surface area contributed by atoms with Gasteiger partial charge in [0.25, 0.3) is 0 Å². The topological polar surface area (TPSA) is 94.4 Å². The van der Waals surface area contributed by atoms with E-state index >= 15 is 0 Å². The van der Waals surface area contributed by atoms with Gasteiger partial charge in [-0.3, -0.25) is 4.57 Å². The maximum atomic E-state index is 13.1. The first-order chi connectivity index (χ1) is 11.6. The van der Waals surface area contributed by atoms with Crippen molar-refractivity contribution in [3.8, 4) is 23.3 Å². The number of phenolic OH excluding ortho intramolecular Hbond substituents is 2. The molecule has 2 N–H and O–H groups in total. The molecule has 0 spiro atoms. The van der Waals surface area contributed by atoms with E-state index in [2.05, 4.69) is 9.98 Å². The molecule has 3 aromatic rings. The smallest absolute Gasteiger partial charge is 0.185 e. The molecule has 1 heterocycles. The van der Waals surface area contributed by atoms with Crippen LogP contribution in [-0.4, -0.2) is 26.0 Å². The van der Waals surface area contributed by atoms with Gasteiger partial charge in [0.2, 0.25) is 0 Å². The van der Waals surface area contributed by atoms with E-state index in [9.17, 15) is 14.6 Å². The van der Waals surface area contributed by atoms with E-state index in [4.69, 9.17) is 5.26 Å². The molecule has 0 unspecified atom stereocenters. The second-order valence-electron chi connectivity index (χ2n) is 4.88. The summed E-state index contributed by atoms with van der Waals surface area (Å²) < 4.78 is 14.6. The molecule has 0 radical (unpaired) electrons. The van der Waals surface area contributed by atoms with E-state index in [1.165, 1.54) is 36.8 Å². The Labute approximate surface area is 136 Å². The summed E-state index contributed by atoms with van der Waals surface area (Å²) in [4.78, 5) is 8.23. The first-order valence-corrected chi connectivity index (χ1v) is 6.88. The molecule has 0 fully saturated rings. The number of aromatic hydroxyl groups is 2. The second kappa shape index (κ2) is 6.22. The van der Waals surface area contributed by atoms with E-state index in [0.717, 1.165) is 0 Å². The highest BCUT2D eigenvalue weighted by molar-refractivity contribution is 5.83. The summed E-state index contributed by atoms with van der Waals surface area (Å²) in [7, 11) is 0. The maximum absolute atomic E-state index is 13.1. The highest BCUT2D eigenvalue weighted by atomic mass is 19.1. The number of phenols is 2. The van der Waals surface area contributed by atoms with Crippen LogP contribution in [0.25, 0.3) is 5.69 Å². The molecule has 0 saturated carbocycles. The predicted octanol–water partition coefficient (Wildman–Crippen LogP) is 3.04. The Morgan fingerprint density at radius 2 is 1.88 bits per heavy atom. The SMILES string of the molecule is N#Cc1ncn(-c2ccc(F)cc2)c1/N=C/c1ccc(O)c(O)c1. The van der Waals surface area contributed by atoms with Crippen LogP contribution in [0.2, 0.25) is 0 Å². The van der Waals surface area contributed by atoms with Gasteiger partial charge in [-0.25, -0.2) is 14.4 Å². The minimum absolute atomic E-state index is 0.110. The third-order valence-electron chi connectivity index (χ3n) is 3.29. The zero-order valence-corrected chi connectivity index (χ0v) is 12.3. The molecule has 118 valence electrons. The van der Waals surface area contributed by atoms with Crippen LogP contribution in [0.1, 0.15) is 11.3 Å². The molecule has 2 aromatic carbocycles. The molecule has 0 saturated heterocycles. The normalized spacial score (nSPS) is 10.8. The monoisotopic (exact) mass is 322 g/mol. The van der Waals surface area contributed by atoms with Gasteiger partial charge in [0.1, 0.15) is 18.2 Å². The highest BCUT2D eigenvalue weighted by Gasteiger charge is 2.11. The number of aliphatic imine (C=N–C) groups is 1. The Balaban J connectivity index is 2.02. The molecule has 0 amide bonds. The molecule has 24 heavy (non-hydrogen) atoms. The van der Waals surface area contributed by atoms with Crippen molar-refractivity contribution >= 4 is 12.0 Å². The number of rotatable bonds is 3. The van der Waals surface area contributed by atoms with Crippen LogP contribution in [0, 0.1) is 17.1 Å². The highest BCUT2D eigenvalue weighted by Crippen LogP contribution is 2.26. The third kappa shape index (κ3) is 2.94. The number of benzene rings is 2. The van der Waals surface area contributed by atoms with Crippen molar-refractivity contribution in [3.63, 3.8) is 0 Å². The summed E-state index contributed by atoms with van der Waals surface area (Å²) in [5.74, 6) is -0.603. The second-order valence-corrected chi connectivity index (χ2v) is 4.88. The third-order valence-corrected chi connectivity index (χ3v) is 3.29. The molecule has 0 aliphatic heterocycles. The van der Waals surface area contributed by atoms with E-state index in [-0.39, 0.29) is 28.8 Å². The van der Waals surface area contributed by atoms with Crippen LogP contribution in [0.5, 0.6) is 11.5 Å². The molecule has 0 bridgehead atoms. The van der Waals surface area contributed by atoms with Gasteiger partial charge in [0.05, 0.1) is 0 Å². The van der Waals surface area contributed by atoms with E-state index < -0.39 is 0 Å². The lowest BCUT2D eigenvalue weighted by Crippen LogP contribution is -1.92. The van der Waals surface area contributed by atoms with Gasteiger partial charge in [0, 0.05) is 11.9 Å². The molecule has 3 rings (SSSR count). The maximum Gasteiger partial charge on any atom is 0.185 e. The van der Waals surface area contributed by atoms with Crippen LogP contribution >= 0.6 is 0 Å². The summed E-state index contributed by atoms with van der Waals surface area (Å²) in [6.45, 7) is 0. The summed E-state index contributed by atoms with van der Waals surface area (Å²) in [5.41, 5.74) is 1.24. The van der Waals surface area contributed by atoms with Crippen molar-refractivity contribution in [2.24, 2.45) is 4.99 Å². The minimum atomic E-state index is -0.371. The molecular weight excluding hydrogens is 311 g/mol. The van der Waals surface area contributed by atoms with Gasteiger partial charge in [-0.05, 0) is 48.0 Å². The average Bonchev–Trinajstić information content (AvgIpc) is 2.99. The quantitative estimate of drug-likeness (QED) is 0.572. The van der Waals surface area contributed by atoms with Crippen molar-refractivity contribution < 1.29 is 14.6 Å². The number of hydrogen-bond donors (Lipinski definition) is 2. The molecule has 0 atom stereocenters. The number of nitrogens with zero attached hydrogens (tertiary/aromatic N) is 4. The predicted molar refractivity (Wildman–Crippen MR) is 85.3 cm³/mol. The lowest BCUT2D eigenvalue weighted by atomic mass is 10.2. The standard InChI is InChI=1S/C17H11FN4O2/c18-12-2-4-13(5-3-12)22-10-21-14(8-19)17(22)20-9-11-1-6-15(23)16(24)7-11/h1-7,9-10,23-24H/b20-9+. The molecular formula is C17H11FN4O2. The number of aromatic nitrogens is 2. The van der Waals surface area contributed by atoms with Crippen LogP contribution in [0.4, 0.5) is 10.2 Å². The van der Waals surface area contributed by atoms with Crippen LogP contribution in [0.3, 0.4) is 0 Å². The van der Waals surface area contributed by atoms with Gasteiger partial charge in [-0.2, -0.15) is 5.26 Å². The number of hydrogen-bond acceptors (Lipinski definition) is 5. The zero-order chi connectivity index (χ0) is 17.1. The van der Waals surface area contributed by atoms with Gasteiger partial charge >= 0.3 is 0 Å². The largest absolute Gasteiger partial charge is 0.504 e. The molecule has 0 aliphatic rings. The number of imidazole rings is 1. The van der Waals surface area contributed by atoms with Crippen LogP contribution < -0.4 is 0 Å². The summed E-state index contributed by atoms with van der Waals surface area (Å²) in [5, 5.41) is 28.0. The molecule has 0 aliphatic carbocycles. The number of nitriles is 1. The van der Waals surface area contributed by atoms with Crippen molar-refractivity contribution in [1.29, 1.82) is 5.26 Å². The summed E-state index contributed by atoms with van der Waals surface area (Å²) in [6.07, 6.45) is 2.85. The van der Waals surface area contributed by atoms with Crippen molar-refractivity contribution in [2.45, 2.75) is 0 Å². The fraction of sp³-hybridized carbons (Fsp3) is 0. The van der Waals surface area contributed by atoms with Crippen LogP contribution in [0.15, 0.2) is 53.8 Å². The fourth-order valence-corrected chi connectivity index (χ4v) is 2.09. The molecule has 7 heteroatoms. The van der Waals surface area contributed by atoms with Crippen LogP contribution in [-0.2, 0) is 0 Å². The average molecular weight is 322 g/mol. The molecule has 6 nitrogen and oxygen atoms in total. The van der Waals surface area contributed by atoms with Crippen molar-refractivity contribution in [1.82, 2.24) is 9.55 Å².